The minimum atomic E-state index is -0.757. The maximum atomic E-state index is 11.1. The van der Waals surface area contributed by atoms with E-state index < -0.39 is 5.97 Å². The summed E-state index contributed by atoms with van der Waals surface area (Å²) in [6.45, 7) is 2.09. The van der Waals surface area contributed by atoms with Crippen molar-refractivity contribution in [2.75, 3.05) is 12.1 Å². The zero-order valence-electron chi connectivity index (χ0n) is 10.5. The van der Waals surface area contributed by atoms with Crippen LogP contribution in [0.3, 0.4) is 0 Å². The molecule has 18 heavy (non-hydrogen) atoms. The smallest absolute Gasteiger partial charge is 0.305 e. The molecule has 0 fully saturated rings. The highest BCUT2D eigenvalue weighted by Gasteiger charge is 2.25. The van der Waals surface area contributed by atoms with Crippen LogP contribution in [0.25, 0.3) is 0 Å². The van der Waals surface area contributed by atoms with Gasteiger partial charge in [-0.2, -0.15) is 0 Å². The summed E-state index contributed by atoms with van der Waals surface area (Å²) >= 11 is 4.05. The van der Waals surface area contributed by atoms with Gasteiger partial charge in [0.1, 0.15) is 0 Å². The molecule has 5 heteroatoms. The number of alkyl halides is 1. The van der Waals surface area contributed by atoms with E-state index in [0.29, 0.717) is 4.05 Å². The summed E-state index contributed by atoms with van der Waals surface area (Å²) in [6.07, 6.45) is 2.17. The molecule has 0 heterocycles. The van der Waals surface area contributed by atoms with Crippen molar-refractivity contribution in [1.82, 2.24) is 4.90 Å². The Morgan fingerprint density at radius 1 is 1.44 bits per heavy atom. The number of halogens is 1. The number of carbonyl (C=O) groups is 1. The third-order valence-electron chi connectivity index (χ3n) is 2.69. The van der Waals surface area contributed by atoms with Crippen LogP contribution in [0.1, 0.15) is 24.9 Å². The quantitative estimate of drug-likeness (QED) is 0.340. The average molecular weight is 379 g/mol. The molecule has 1 aromatic carbocycles. The van der Waals surface area contributed by atoms with Crippen LogP contribution in [0.2, 0.25) is 0 Å². The lowest BCUT2D eigenvalue weighted by atomic mass is 10.0. The van der Waals surface area contributed by atoms with Crippen LogP contribution < -0.4 is 0 Å². The third kappa shape index (κ3) is 4.78. The number of rotatable bonds is 7. The van der Waals surface area contributed by atoms with Gasteiger partial charge in [0, 0.05) is 11.9 Å². The number of hydrogen-bond donors (Lipinski definition) is 1. The second-order valence-corrected chi connectivity index (χ2v) is 6.67. The molecule has 1 rings (SSSR count). The fraction of sp³-hybridized carbons (Fsp3) is 0.462. The Labute approximate surface area is 126 Å². The van der Waals surface area contributed by atoms with Crippen LogP contribution in [0.5, 0.6) is 0 Å². The van der Waals surface area contributed by atoms with Crippen LogP contribution >= 0.6 is 34.4 Å². The lowest BCUT2D eigenvalue weighted by Gasteiger charge is -2.33. The molecule has 0 radical (unpaired) electrons. The van der Waals surface area contributed by atoms with E-state index in [9.17, 15) is 4.79 Å². The molecule has 2 atom stereocenters. The molecule has 1 N–H and O–H groups in total. The Morgan fingerprint density at radius 2 is 2.06 bits per heavy atom. The lowest BCUT2D eigenvalue weighted by Crippen LogP contribution is -2.34. The van der Waals surface area contributed by atoms with Gasteiger partial charge in [0.15, 0.2) is 0 Å². The van der Waals surface area contributed by atoms with E-state index in [2.05, 4.69) is 34.4 Å². The van der Waals surface area contributed by atoms with Gasteiger partial charge in [-0.3, -0.25) is 9.69 Å². The van der Waals surface area contributed by atoms with Crippen molar-refractivity contribution >= 4 is 40.3 Å². The Morgan fingerprint density at radius 3 is 2.50 bits per heavy atom. The molecule has 100 valence electrons. The summed E-state index contributed by atoms with van der Waals surface area (Å²) in [5, 5.41) is 9.11. The lowest BCUT2D eigenvalue weighted by molar-refractivity contribution is -0.138. The summed E-state index contributed by atoms with van der Waals surface area (Å²) < 4.78 is 0.291. The topological polar surface area (TPSA) is 40.5 Å². The van der Waals surface area contributed by atoms with Crippen molar-refractivity contribution in [2.24, 2.45) is 0 Å². The molecule has 0 saturated heterocycles. The summed E-state index contributed by atoms with van der Waals surface area (Å²) in [5.74, 6) is 0.0729. The maximum Gasteiger partial charge on any atom is 0.305 e. The van der Waals surface area contributed by atoms with Crippen LogP contribution in [0.4, 0.5) is 0 Å². The molecule has 3 nitrogen and oxygen atoms in total. The molecule has 1 aromatic rings. The number of aliphatic carboxylic acids is 1. The molecule has 0 aliphatic heterocycles. The number of benzene rings is 1. The summed E-state index contributed by atoms with van der Waals surface area (Å²) in [6, 6.07) is 9.80. The fourth-order valence-corrected chi connectivity index (χ4v) is 3.41. The first-order chi connectivity index (χ1) is 8.56. The molecule has 0 bridgehead atoms. The molecule has 0 saturated carbocycles. The molecular formula is C13H18INO2S. The highest BCUT2D eigenvalue weighted by atomic mass is 127. The van der Waals surface area contributed by atoms with E-state index in [1.54, 1.807) is 11.8 Å². The fourth-order valence-electron chi connectivity index (χ4n) is 1.86. The number of hydrogen-bond acceptors (Lipinski definition) is 3. The molecule has 2 unspecified atom stereocenters. The van der Waals surface area contributed by atoms with Gasteiger partial charge in [0.05, 0.1) is 10.5 Å². The molecule has 0 spiro atoms. The molecule has 0 aliphatic rings. The maximum absolute atomic E-state index is 11.1. The van der Waals surface area contributed by atoms with Crippen molar-refractivity contribution in [1.29, 1.82) is 0 Å². The van der Waals surface area contributed by atoms with Crippen molar-refractivity contribution in [3.05, 3.63) is 35.9 Å². The largest absolute Gasteiger partial charge is 0.481 e. The average Bonchev–Trinajstić information content (AvgIpc) is 2.34. The van der Waals surface area contributed by atoms with Crippen LogP contribution in [0, 0.1) is 0 Å². The molecular weight excluding hydrogens is 361 g/mol. The molecule has 0 aliphatic carbocycles. The van der Waals surface area contributed by atoms with Gasteiger partial charge >= 0.3 is 5.97 Å². The van der Waals surface area contributed by atoms with Crippen LogP contribution in [-0.4, -0.2) is 32.2 Å². The minimum absolute atomic E-state index is 0.0666. The summed E-state index contributed by atoms with van der Waals surface area (Å²) in [5.41, 5.74) is 1.07. The number of nitrogens with zero attached hydrogens (tertiary/aromatic N) is 1. The Hall–Kier alpha value is -0.270. The summed E-state index contributed by atoms with van der Waals surface area (Å²) in [4.78, 5) is 13.3. The Bertz CT molecular complexity index is 373. The standard InChI is InChI=1S/C13H18INO2S/c1-10(14)15(9-18-2)12(8-13(16)17)11-6-4-3-5-7-11/h3-7,10,12H,8-9H2,1-2H3,(H,16,17). The molecule has 0 aromatic heterocycles. The Balaban J connectivity index is 2.99. The first-order valence-electron chi connectivity index (χ1n) is 5.71. The SMILES string of the molecule is CSCN(C(C)I)C(CC(=O)O)c1ccccc1. The van der Waals surface area contributed by atoms with Crippen LogP contribution in [-0.2, 0) is 4.79 Å². The Kier molecular flexibility index (Phi) is 7.03. The van der Waals surface area contributed by atoms with Crippen molar-refractivity contribution < 1.29 is 9.90 Å². The van der Waals surface area contributed by atoms with E-state index >= 15 is 0 Å². The van der Waals surface area contributed by atoms with Crippen LogP contribution in [0.15, 0.2) is 30.3 Å². The predicted molar refractivity (Wildman–Crippen MR) is 85.1 cm³/mol. The van der Waals surface area contributed by atoms with E-state index in [1.807, 2.05) is 36.6 Å². The van der Waals surface area contributed by atoms with Gasteiger partial charge in [0.25, 0.3) is 0 Å². The van der Waals surface area contributed by atoms with Gasteiger partial charge < -0.3 is 5.11 Å². The monoisotopic (exact) mass is 379 g/mol. The predicted octanol–water partition coefficient (Wildman–Crippen LogP) is 3.61. The number of thioether (sulfide) groups is 1. The van der Waals surface area contributed by atoms with Crippen molar-refractivity contribution in [3.63, 3.8) is 0 Å². The van der Waals surface area contributed by atoms with E-state index in [4.69, 9.17) is 5.11 Å². The van der Waals surface area contributed by atoms with Gasteiger partial charge in [-0.05, 0) is 18.7 Å². The van der Waals surface area contributed by atoms with Crippen molar-refractivity contribution in [3.8, 4) is 0 Å². The molecule has 0 amide bonds. The van der Waals surface area contributed by atoms with E-state index in [0.717, 1.165) is 11.4 Å². The van der Waals surface area contributed by atoms with Gasteiger partial charge in [-0.15, -0.1) is 11.8 Å². The van der Waals surface area contributed by atoms with Gasteiger partial charge in [-0.25, -0.2) is 0 Å². The minimum Gasteiger partial charge on any atom is -0.481 e. The first kappa shape index (κ1) is 15.8. The normalized spacial score (nSPS) is 14.4. The summed E-state index contributed by atoms with van der Waals surface area (Å²) in [7, 11) is 0. The van der Waals surface area contributed by atoms with E-state index in [1.165, 1.54) is 0 Å². The van der Waals surface area contributed by atoms with Gasteiger partial charge in [0.2, 0.25) is 0 Å². The third-order valence-corrected chi connectivity index (χ3v) is 3.96. The highest BCUT2D eigenvalue weighted by molar-refractivity contribution is 14.1. The second-order valence-electron chi connectivity index (χ2n) is 4.03. The van der Waals surface area contributed by atoms with Gasteiger partial charge in [-0.1, -0.05) is 52.9 Å². The first-order valence-corrected chi connectivity index (χ1v) is 8.35. The van der Waals surface area contributed by atoms with E-state index in [-0.39, 0.29) is 12.5 Å². The number of carboxylic acid groups (broad SMARTS) is 1. The zero-order chi connectivity index (χ0) is 13.5. The highest BCUT2D eigenvalue weighted by Crippen LogP contribution is 2.29. The zero-order valence-corrected chi connectivity index (χ0v) is 13.5. The second kappa shape index (κ2) is 8.01. The van der Waals surface area contributed by atoms with Crippen molar-refractivity contribution in [2.45, 2.75) is 23.4 Å². The number of carboxylic acids is 1.